The molecule has 7 heteroatoms. The summed E-state index contributed by atoms with van der Waals surface area (Å²) in [6.07, 6.45) is 3.04. The maximum absolute atomic E-state index is 13.0. The highest BCUT2D eigenvalue weighted by molar-refractivity contribution is 6.02. The normalized spacial score (nSPS) is 17.3. The number of carbonyl (C=O) groups excluding carboxylic acids is 2. The lowest BCUT2D eigenvalue weighted by molar-refractivity contribution is 0.0723. The second-order valence-electron chi connectivity index (χ2n) is 6.16. The Labute approximate surface area is 139 Å². The van der Waals surface area contributed by atoms with Crippen LogP contribution in [0, 0.1) is 13.8 Å². The quantitative estimate of drug-likeness (QED) is 0.841. The lowest BCUT2D eigenvalue weighted by atomic mass is 10.1. The summed E-state index contributed by atoms with van der Waals surface area (Å²) >= 11 is 0. The summed E-state index contributed by atoms with van der Waals surface area (Å²) in [5, 5.41) is 0. The predicted molar refractivity (Wildman–Crippen MR) is 88.1 cm³/mol. The van der Waals surface area contributed by atoms with E-state index in [2.05, 4.69) is 15.0 Å². The van der Waals surface area contributed by atoms with Crippen LogP contribution in [-0.2, 0) is 0 Å². The molecule has 0 radical (unpaired) electrons. The fourth-order valence-electron chi connectivity index (χ4n) is 3.48. The van der Waals surface area contributed by atoms with Crippen LogP contribution in [0.5, 0.6) is 0 Å². The molecule has 1 aliphatic heterocycles. The number of hydrogen-bond donors (Lipinski definition) is 2. The van der Waals surface area contributed by atoms with Crippen molar-refractivity contribution < 1.29 is 9.59 Å². The van der Waals surface area contributed by atoms with E-state index in [9.17, 15) is 14.4 Å². The van der Waals surface area contributed by atoms with E-state index in [1.165, 1.54) is 19.2 Å². The molecular formula is C17H20N4O3. The lowest BCUT2D eigenvalue weighted by Crippen LogP contribution is -2.33. The molecule has 0 saturated carbocycles. The number of aromatic amines is 2. The molecular weight excluding hydrogens is 308 g/mol. The van der Waals surface area contributed by atoms with E-state index >= 15 is 0 Å². The molecule has 1 unspecified atom stereocenters. The third-order valence-corrected chi connectivity index (χ3v) is 4.52. The topological polar surface area (TPSA) is 98.9 Å². The number of aryl methyl sites for hydroxylation is 1. The second-order valence-corrected chi connectivity index (χ2v) is 6.16. The van der Waals surface area contributed by atoms with Crippen molar-refractivity contribution in [2.75, 3.05) is 6.54 Å². The van der Waals surface area contributed by atoms with Gasteiger partial charge in [-0.25, -0.2) is 4.98 Å². The fourth-order valence-corrected chi connectivity index (χ4v) is 3.48. The van der Waals surface area contributed by atoms with Crippen LogP contribution in [0.15, 0.2) is 17.1 Å². The summed E-state index contributed by atoms with van der Waals surface area (Å²) < 4.78 is 0. The average molecular weight is 328 g/mol. The van der Waals surface area contributed by atoms with Crippen LogP contribution in [0.2, 0.25) is 0 Å². The molecule has 3 heterocycles. The second kappa shape index (κ2) is 6.07. The highest BCUT2D eigenvalue weighted by atomic mass is 16.2. The number of nitrogens with zero attached hydrogens (tertiary/aromatic N) is 2. The van der Waals surface area contributed by atoms with Crippen molar-refractivity contribution in [3.63, 3.8) is 0 Å². The van der Waals surface area contributed by atoms with Crippen LogP contribution >= 0.6 is 0 Å². The standard InChI is InChI=1S/C17H20N4O3/c1-9-14(11(3)22)10(2)19-15(9)17(24)21-8-4-5-12(21)16-18-7-6-13(23)20-16/h6-7,12,19H,4-5,8H2,1-3H3,(H,18,20,23). The third-order valence-electron chi connectivity index (χ3n) is 4.52. The van der Waals surface area contributed by atoms with Gasteiger partial charge in [-0.15, -0.1) is 0 Å². The van der Waals surface area contributed by atoms with E-state index in [0.29, 0.717) is 34.9 Å². The van der Waals surface area contributed by atoms with Gasteiger partial charge < -0.3 is 14.9 Å². The molecule has 126 valence electrons. The molecule has 24 heavy (non-hydrogen) atoms. The van der Waals surface area contributed by atoms with Crippen molar-refractivity contribution in [2.24, 2.45) is 0 Å². The van der Waals surface area contributed by atoms with Crippen molar-refractivity contribution in [1.29, 1.82) is 0 Å². The smallest absolute Gasteiger partial charge is 0.271 e. The molecule has 1 amide bonds. The number of amides is 1. The molecule has 0 aromatic carbocycles. The maximum Gasteiger partial charge on any atom is 0.271 e. The zero-order valence-corrected chi connectivity index (χ0v) is 14.0. The van der Waals surface area contributed by atoms with Gasteiger partial charge in [0.2, 0.25) is 0 Å². The SMILES string of the molecule is CC(=O)c1c(C)[nH]c(C(=O)N2CCCC2c2nccc(=O)[nH]2)c1C. The van der Waals surface area contributed by atoms with Crippen molar-refractivity contribution in [3.05, 3.63) is 51.0 Å². The molecule has 2 aromatic rings. The predicted octanol–water partition coefficient (Wildman–Crippen LogP) is 1.89. The molecule has 2 N–H and O–H groups in total. The van der Waals surface area contributed by atoms with Gasteiger partial charge in [-0.05, 0) is 39.2 Å². The van der Waals surface area contributed by atoms with Crippen LogP contribution in [-0.4, -0.2) is 38.1 Å². The van der Waals surface area contributed by atoms with Gasteiger partial charge in [0.05, 0.1) is 6.04 Å². The van der Waals surface area contributed by atoms with Gasteiger partial charge in [-0.2, -0.15) is 0 Å². The van der Waals surface area contributed by atoms with Gasteiger partial charge in [0.15, 0.2) is 5.78 Å². The molecule has 0 bridgehead atoms. The summed E-state index contributed by atoms with van der Waals surface area (Å²) in [6.45, 7) is 5.66. The van der Waals surface area contributed by atoms with Gasteiger partial charge in [-0.3, -0.25) is 14.4 Å². The first-order valence-corrected chi connectivity index (χ1v) is 7.96. The third kappa shape index (κ3) is 2.66. The molecule has 3 rings (SSSR count). The van der Waals surface area contributed by atoms with E-state index in [1.54, 1.807) is 18.7 Å². The number of H-pyrrole nitrogens is 2. The fraction of sp³-hybridized carbons (Fsp3) is 0.412. The van der Waals surface area contributed by atoms with Crippen molar-refractivity contribution >= 4 is 11.7 Å². The number of Topliss-reactive ketones (excluding diaryl/α,β-unsaturated/α-hetero) is 1. The largest absolute Gasteiger partial charge is 0.354 e. The minimum absolute atomic E-state index is 0.0627. The van der Waals surface area contributed by atoms with Gasteiger partial charge in [-0.1, -0.05) is 0 Å². The summed E-state index contributed by atoms with van der Waals surface area (Å²) in [4.78, 5) is 48.0. The first-order valence-electron chi connectivity index (χ1n) is 7.96. The Morgan fingerprint density at radius 2 is 2.04 bits per heavy atom. The molecule has 1 fully saturated rings. The zero-order valence-electron chi connectivity index (χ0n) is 14.0. The summed E-state index contributed by atoms with van der Waals surface area (Å²) in [7, 11) is 0. The molecule has 0 aliphatic carbocycles. The Bertz CT molecular complexity index is 865. The molecule has 7 nitrogen and oxygen atoms in total. The molecule has 0 spiro atoms. The Hall–Kier alpha value is -2.70. The highest BCUT2D eigenvalue weighted by Gasteiger charge is 2.34. The number of nitrogens with one attached hydrogen (secondary N) is 2. The maximum atomic E-state index is 13.0. The number of rotatable bonds is 3. The average Bonchev–Trinajstić information content (AvgIpc) is 3.11. The minimum atomic E-state index is -0.254. The van der Waals surface area contributed by atoms with E-state index in [1.807, 2.05) is 0 Å². The van der Waals surface area contributed by atoms with E-state index in [0.717, 1.165) is 12.8 Å². The Balaban J connectivity index is 1.96. The summed E-state index contributed by atoms with van der Waals surface area (Å²) in [5.74, 6) is 0.269. The van der Waals surface area contributed by atoms with E-state index in [4.69, 9.17) is 0 Å². The van der Waals surface area contributed by atoms with Crippen molar-refractivity contribution in [3.8, 4) is 0 Å². The van der Waals surface area contributed by atoms with Crippen LogP contribution in [0.25, 0.3) is 0 Å². The summed E-state index contributed by atoms with van der Waals surface area (Å²) in [6, 6.07) is 1.09. The Morgan fingerprint density at radius 1 is 1.29 bits per heavy atom. The number of aromatic nitrogens is 3. The Kier molecular flexibility index (Phi) is 4.09. The summed E-state index contributed by atoms with van der Waals surface area (Å²) in [5.41, 5.74) is 2.14. The zero-order chi connectivity index (χ0) is 17.4. The van der Waals surface area contributed by atoms with Crippen molar-refractivity contribution in [1.82, 2.24) is 19.9 Å². The van der Waals surface area contributed by atoms with E-state index < -0.39 is 0 Å². The monoisotopic (exact) mass is 328 g/mol. The minimum Gasteiger partial charge on any atom is -0.354 e. The van der Waals surface area contributed by atoms with Crippen LogP contribution in [0.1, 0.15) is 63.7 Å². The van der Waals surface area contributed by atoms with Crippen LogP contribution in [0.4, 0.5) is 0 Å². The number of hydrogen-bond acceptors (Lipinski definition) is 4. The molecule has 1 saturated heterocycles. The highest BCUT2D eigenvalue weighted by Crippen LogP contribution is 2.31. The lowest BCUT2D eigenvalue weighted by Gasteiger charge is -2.23. The number of likely N-dealkylation sites (tertiary alicyclic amines) is 1. The molecule has 1 aliphatic rings. The number of carbonyl (C=O) groups is 2. The Morgan fingerprint density at radius 3 is 2.67 bits per heavy atom. The van der Waals surface area contributed by atoms with Gasteiger partial charge in [0, 0.05) is 30.1 Å². The van der Waals surface area contributed by atoms with E-state index in [-0.39, 0.29) is 23.3 Å². The number of ketones is 1. The first kappa shape index (κ1) is 16.2. The van der Waals surface area contributed by atoms with Gasteiger partial charge in [0.25, 0.3) is 11.5 Å². The van der Waals surface area contributed by atoms with Crippen LogP contribution in [0.3, 0.4) is 0 Å². The van der Waals surface area contributed by atoms with Crippen molar-refractivity contribution in [2.45, 2.75) is 39.7 Å². The molecule has 1 atom stereocenters. The van der Waals surface area contributed by atoms with Crippen LogP contribution < -0.4 is 5.56 Å². The first-order chi connectivity index (χ1) is 11.4. The van der Waals surface area contributed by atoms with Gasteiger partial charge in [0.1, 0.15) is 11.5 Å². The van der Waals surface area contributed by atoms with Gasteiger partial charge >= 0.3 is 0 Å². The molecule has 2 aromatic heterocycles.